The third kappa shape index (κ3) is 72.2. The average molecular weight is 1500 g/mol. The van der Waals surface area contributed by atoms with Crippen molar-refractivity contribution in [2.75, 3.05) is 39.6 Å². The van der Waals surface area contributed by atoms with Gasteiger partial charge in [0.05, 0.1) is 32.5 Å². The van der Waals surface area contributed by atoms with Gasteiger partial charge < -0.3 is 38.9 Å². The highest BCUT2D eigenvalue weighted by Gasteiger charge is 2.30. The minimum atomic E-state index is -5.00. The van der Waals surface area contributed by atoms with Crippen LogP contribution in [-0.4, -0.2) is 108 Å². The van der Waals surface area contributed by atoms with Crippen LogP contribution in [0.3, 0.4) is 0 Å². The molecule has 0 aliphatic rings. The van der Waals surface area contributed by atoms with Crippen LogP contribution in [0.15, 0.2) is 85.1 Å². The first-order chi connectivity index (χ1) is 50.0. The molecule has 0 aliphatic carbocycles. The molecule has 0 radical (unpaired) electrons. The van der Waals surface area contributed by atoms with Crippen molar-refractivity contribution in [3.05, 3.63) is 85.1 Å². The SMILES string of the molecule is CCCCC/C=C/C/C=C/CCCCCCCC(=O)OCC(COP(=O)(O)OCC(O)COP(=O)(O)OCC(COC(=O)CCCCCCC/C=C/C/C=C/CCCCC)OC(=O)CCCCCCC/C=C/CC(O)C(C)CCCCCC)OC(=O)CCCCCCC/C=C/C/C=C/CCCCC. The van der Waals surface area contributed by atoms with Gasteiger partial charge in [0.15, 0.2) is 12.2 Å². The summed E-state index contributed by atoms with van der Waals surface area (Å²) in [5, 5.41) is 21.2. The summed E-state index contributed by atoms with van der Waals surface area (Å²) >= 11 is 0. The molecular weight excluding hydrogens is 1350 g/mol. The zero-order chi connectivity index (χ0) is 75.6. The molecule has 0 spiro atoms. The third-order valence-electron chi connectivity index (χ3n) is 17.6. The van der Waals surface area contributed by atoms with Gasteiger partial charge in [0.1, 0.15) is 19.3 Å². The molecule has 103 heavy (non-hydrogen) atoms. The molecule has 0 amide bonds. The van der Waals surface area contributed by atoms with Gasteiger partial charge in [-0.25, -0.2) is 9.13 Å². The summed E-state index contributed by atoms with van der Waals surface area (Å²) in [7, 11) is -9.99. The van der Waals surface area contributed by atoms with Gasteiger partial charge in [-0.3, -0.25) is 37.3 Å². The lowest BCUT2D eigenvalue weighted by Crippen LogP contribution is -2.30. The van der Waals surface area contributed by atoms with Crippen molar-refractivity contribution in [3.8, 4) is 0 Å². The third-order valence-corrected chi connectivity index (χ3v) is 19.5. The maximum atomic E-state index is 13.1. The number of hydrogen-bond acceptors (Lipinski definition) is 16. The number of allylic oxidation sites excluding steroid dienone is 13. The van der Waals surface area contributed by atoms with Crippen molar-refractivity contribution in [1.82, 2.24) is 0 Å². The molecule has 0 saturated heterocycles. The van der Waals surface area contributed by atoms with E-state index in [2.05, 4.69) is 120 Å². The van der Waals surface area contributed by atoms with E-state index < -0.39 is 97.5 Å². The minimum Gasteiger partial charge on any atom is -0.462 e. The average Bonchev–Trinajstić information content (AvgIpc) is 0.986. The second-order valence-electron chi connectivity index (χ2n) is 27.7. The summed E-state index contributed by atoms with van der Waals surface area (Å²) in [6.07, 6.45) is 71.8. The largest absolute Gasteiger partial charge is 0.472 e. The number of aliphatic hydroxyl groups excluding tert-OH is 2. The smallest absolute Gasteiger partial charge is 0.462 e. The molecule has 0 saturated carbocycles. The number of aliphatic hydroxyl groups is 2. The second kappa shape index (κ2) is 73.7. The van der Waals surface area contributed by atoms with E-state index in [4.69, 9.17) is 37.0 Å². The van der Waals surface area contributed by atoms with E-state index in [-0.39, 0.29) is 37.7 Å². The van der Waals surface area contributed by atoms with Gasteiger partial charge in [0.25, 0.3) is 0 Å². The van der Waals surface area contributed by atoms with Crippen molar-refractivity contribution in [2.24, 2.45) is 5.92 Å². The first kappa shape index (κ1) is 99.2. The normalized spacial score (nSPS) is 14.9. The summed E-state index contributed by atoms with van der Waals surface area (Å²) in [5.41, 5.74) is 0. The van der Waals surface area contributed by atoms with Crippen LogP contribution < -0.4 is 0 Å². The summed E-state index contributed by atoms with van der Waals surface area (Å²) in [6.45, 7) is 6.78. The van der Waals surface area contributed by atoms with Crippen molar-refractivity contribution in [1.29, 1.82) is 0 Å². The van der Waals surface area contributed by atoms with Gasteiger partial charge in [-0.05, 0) is 154 Å². The molecule has 0 rings (SSSR count). The standard InChI is InChI=1S/C83H148O18P2/c1-6-10-14-18-21-24-27-30-33-36-39-42-48-53-59-65-80(86)94-71-77(100-82(88)67-61-55-50-44-41-38-35-32-29-26-23-20-16-12-8-3)73-98-102(90,91)96-69-76(84)70-97-103(92,93)99-74-78(72-95-81(87)66-60-54-49-43-40-37-34-31-28-25-22-19-15-11-7-2)101-83(89)68-62-56-51-46-45-47-52-58-64-79(85)75(5)63-57-17-13-9-4/h21-26,30-35,52,58,75-79,84-85H,6-20,27-29,36-51,53-57,59-74H2,1-5H3,(H,90,91)(H,92,93)/b24-21+,25-22+,26-23+,33-30+,34-31+,35-32+,58-52+. The van der Waals surface area contributed by atoms with E-state index in [1.165, 1.54) is 77.0 Å². The molecule has 0 bridgehead atoms. The van der Waals surface area contributed by atoms with Gasteiger partial charge in [0, 0.05) is 25.7 Å². The zero-order valence-corrected chi connectivity index (χ0v) is 67.0. The predicted molar refractivity (Wildman–Crippen MR) is 419 cm³/mol. The molecule has 18 nitrogen and oxygen atoms in total. The van der Waals surface area contributed by atoms with Crippen LogP contribution >= 0.6 is 15.6 Å². The number of carbonyl (C=O) groups excluding carboxylic acids is 4. The molecular formula is C83H148O18P2. The number of esters is 4. The molecule has 7 atom stereocenters. The summed E-state index contributed by atoms with van der Waals surface area (Å²) in [5.74, 6) is -1.98. The highest BCUT2D eigenvalue weighted by Crippen LogP contribution is 2.45. The van der Waals surface area contributed by atoms with E-state index in [1.807, 2.05) is 0 Å². The fraction of sp³-hybridized carbons (Fsp3) is 0.783. The van der Waals surface area contributed by atoms with Gasteiger partial charge >= 0.3 is 39.5 Å². The Morgan fingerprint density at radius 1 is 0.320 bits per heavy atom. The van der Waals surface area contributed by atoms with Crippen LogP contribution in [0.2, 0.25) is 0 Å². The number of phosphoric acid groups is 2. The number of hydrogen-bond donors (Lipinski definition) is 4. The van der Waals surface area contributed by atoms with E-state index in [0.29, 0.717) is 32.1 Å². The number of rotatable bonds is 76. The number of ether oxygens (including phenoxy) is 4. The van der Waals surface area contributed by atoms with E-state index in [9.17, 15) is 48.3 Å². The first-order valence-corrected chi connectivity index (χ1v) is 43.8. The number of phosphoric ester groups is 2. The van der Waals surface area contributed by atoms with Crippen LogP contribution in [0.4, 0.5) is 0 Å². The Labute approximate surface area is 626 Å². The Balaban J connectivity index is 5.44. The maximum Gasteiger partial charge on any atom is 0.472 e. The maximum absolute atomic E-state index is 13.1. The Morgan fingerprint density at radius 3 is 0.913 bits per heavy atom. The Bertz CT molecular complexity index is 2320. The number of carbonyl (C=O) groups is 4. The van der Waals surface area contributed by atoms with Crippen molar-refractivity contribution in [2.45, 2.75) is 374 Å². The van der Waals surface area contributed by atoms with Crippen LogP contribution in [0, 0.1) is 5.92 Å². The molecule has 4 N–H and O–H groups in total. The van der Waals surface area contributed by atoms with Gasteiger partial charge in [-0.1, -0.05) is 261 Å². The zero-order valence-electron chi connectivity index (χ0n) is 65.3. The fourth-order valence-corrected chi connectivity index (χ4v) is 12.6. The second-order valence-corrected chi connectivity index (χ2v) is 30.6. The quantitative estimate of drug-likeness (QED) is 0.0145. The highest BCUT2D eigenvalue weighted by molar-refractivity contribution is 7.47. The number of unbranched alkanes of at least 4 members (excludes halogenated alkanes) is 32. The molecule has 7 unspecified atom stereocenters. The minimum absolute atomic E-state index is 0.0518. The van der Waals surface area contributed by atoms with E-state index in [1.54, 1.807) is 0 Å². The molecule has 0 aromatic heterocycles. The Morgan fingerprint density at radius 2 is 0.583 bits per heavy atom. The van der Waals surface area contributed by atoms with Crippen LogP contribution in [0.5, 0.6) is 0 Å². The van der Waals surface area contributed by atoms with Gasteiger partial charge in [-0.15, -0.1) is 0 Å². The van der Waals surface area contributed by atoms with Crippen molar-refractivity contribution in [3.63, 3.8) is 0 Å². The fourth-order valence-electron chi connectivity index (χ4n) is 11.1. The van der Waals surface area contributed by atoms with E-state index >= 15 is 0 Å². The molecule has 0 aromatic rings. The van der Waals surface area contributed by atoms with Crippen LogP contribution in [-0.2, 0) is 65.4 Å². The topological polar surface area (TPSA) is 257 Å². The van der Waals surface area contributed by atoms with Gasteiger partial charge in [0.2, 0.25) is 0 Å². The lowest BCUT2D eigenvalue weighted by Gasteiger charge is -2.21. The molecule has 0 aliphatic heterocycles. The molecule has 0 aromatic carbocycles. The lowest BCUT2D eigenvalue weighted by atomic mass is 9.95. The molecule has 598 valence electrons. The van der Waals surface area contributed by atoms with Crippen molar-refractivity contribution >= 4 is 39.5 Å². The van der Waals surface area contributed by atoms with E-state index in [0.717, 1.165) is 180 Å². The predicted octanol–water partition coefficient (Wildman–Crippen LogP) is 22.6. The van der Waals surface area contributed by atoms with Crippen molar-refractivity contribution < 1.29 is 85.4 Å². The highest BCUT2D eigenvalue weighted by atomic mass is 31.2. The van der Waals surface area contributed by atoms with Gasteiger partial charge in [-0.2, -0.15) is 0 Å². The lowest BCUT2D eigenvalue weighted by molar-refractivity contribution is -0.161. The first-order valence-electron chi connectivity index (χ1n) is 40.8. The van der Waals surface area contributed by atoms with Crippen LogP contribution in [0.25, 0.3) is 0 Å². The summed E-state index contributed by atoms with van der Waals surface area (Å²) < 4.78 is 68.6. The summed E-state index contributed by atoms with van der Waals surface area (Å²) in [6, 6.07) is 0. The molecule has 0 fully saturated rings. The van der Waals surface area contributed by atoms with Crippen LogP contribution in [0.1, 0.15) is 349 Å². The Hall–Kier alpha value is -3.80. The molecule has 0 heterocycles. The molecule has 20 heteroatoms. The monoisotopic (exact) mass is 1500 g/mol. The Kier molecular flexibility index (Phi) is 71.0. The summed E-state index contributed by atoms with van der Waals surface area (Å²) in [4.78, 5) is 73.1.